The molecule has 27 heavy (non-hydrogen) atoms. The molecule has 2 unspecified atom stereocenters. The van der Waals surface area contributed by atoms with Gasteiger partial charge in [0.1, 0.15) is 12.7 Å². The van der Waals surface area contributed by atoms with E-state index in [1.165, 1.54) is 38.8 Å². The monoisotopic (exact) mass is 374 g/mol. The summed E-state index contributed by atoms with van der Waals surface area (Å²) in [7, 11) is 1.64. The fourth-order valence-corrected chi connectivity index (χ4v) is 4.26. The van der Waals surface area contributed by atoms with Crippen LogP contribution in [0.4, 0.5) is 0 Å². The number of hydrogen-bond donors (Lipinski definition) is 1. The number of piperidine rings is 1. The number of β-amino-alcohol motifs (C(OH)–C–C–N with tert-alkyl or cyclic N) is 1. The third kappa shape index (κ3) is 5.71. The van der Waals surface area contributed by atoms with Gasteiger partial charge in [-0.25, -0.2) is 0 Å². The standard InChI is InChI=1S/C22H34N2O3/c1-3-7-18-9-10-21(22(14-18)26-2)27-17-20(25)16-23-11-6-8-19(15-23)24-12-4-5-13-24/h3,9-10,14,19-20,25H,1,4-8,11-13,15-17H2,2H3. The zero-order chi connectivity index (χ0) is 19.1. The van der Waals surface area contributed by atoms with E-state index in [2.05, 4.69) is 16.4 Å². The van der Waals surface area contributed by atoms with Crippen molar-refractivity contribution in [3.63, 3.8) is 0 Å². The van der Waals surface area contributed by atoms with Gasteiger partial charge in [-0.05, 0) is 69.4 Å². The Morgan fingerprint density at radius 2 is 2.04 bits per heavy atom. The van der Waals surface area contributed by atoms with Gasteiger partial charge in [-0.1, -0.05) is 12.1 Å². The van der Waals surface area contributed by atoms with Gasteiger partial charge in [0.05, 0.1) is 7.11 Å². The molecule has 5 nitrogen and oxygen atoms in total. The molecule has 1 aromatic rings. The summed E-state index contributed by atoms with van der Waals surface area (Å²) in [4.78, 5) is 5.02. The van der Waals surface area contributed by atoms with Crippen LogP contribution in [-0.2, 0) is 6.42 Å². The Balaban J connectivity index is 1.47. The number of hydrogen-bond acceptors (Lipinski definition) is 5. The molecule has 0 aromatic heterocycles. The summed E-state index contributed by atoms with van der Waals surface area (Å²) in [6.45, 7) is 9.33. The minimum absolute atomic E-state index is 0.280. The SMILES string of the molecule is C=CCc1ccc(OCC(O)CN2CCCC(N3CCCC3)C2)c(OC)c1. The van der Waals surface area contributed by atoms with E-state index in [-0.39, 0.29) is 6.61 Å². The van der Waals surface area contributed by atoms with Gasteiger partial charge < -0.3 is 14.6 Å². The normalized spacial score (nSPS) is 22.5. The summed E-state index contributed by atoms with van der Waals surface area (Å²) in [5.41, 5.74) is 1.14. The average molecular weight is 375 g/mol. The van der Waals surface area contributed by atoms with Crippen LogP contribution in [0.15, 0.2) is 30.9 Å². The van der Waals surface area contributed by atoms with Crippen LogP contribution in [-0.4, -0.2) is 73.5 Å². The summed E-state index contributed by atoms with van der Waals surface area (Å²) >= 11 is 0. The first-order chi connectivity index (χ1) is 13.2. The molecule has 2 aliphatic heterocycles. The smallest absolute Gasteiger partial charge is 0.161 e. The second-order valence-corrected chi connectivity index (χ2v) is 7.74. The molecule has 5 heteroatoms. The average Bonchev–Trinajstić information content (AvgIpc) is 3.22. The molecule has 1 aromatic carbocycles. The molecule has 1 N–H and O–H groups in total. The van der Waals surface area contributed by atoms with Crippen LogP contribution in [0.5, 0.6) is 11.5 Å². The summed E-state index contributed by atoms with van der Waals surface area (Å²) in [6.07, 6.45) is 7.34. The van der Waals surface area contributed by atoms with Gasteiger partial charge in [0, 0.05) is 19.1 Å². The van der Waals surface area contributed by atoms with Gasteiger partial charge in [-0.2, -0.15) is 0 Å². The van der Waals surface area contributed by atoms with Crippen molar-refractivity contribution in [2.75, 3.05) is 46.4 Å². The third-order valence-corrected chi connectivity index (χ3v) is 5.65. The zero-order valence-corrected chi connectivity index (χ0v) is 16.6. The number of likely N-dealkylation sites (tertiary alicyclic amines) is 2. The van der Waals surface area contributed by atoms with Crippen LogP contribution < -0.4 is 9.47 Å². The van der Waals surface area contributed by atoms with Crippen molar-refractivity contribution >= 4 is 0 Å². The van der Waals surface area contributed by atoms with E-state index >= 15 is 0 Å². The molecule has 0 spiro atoms. The van der Waals surface area contributed by atoms with E-state index < -0.39 is 6.10 Å². The first-order valence-corrected chi connectivity index (χ1v) is 10.2. The third-order valence-electron chi connectivity index (χ3n) is 5.65. The Morgan fingerprint density at radius 3 is 2.78 bits per heavy atom. The number of benzene rings is 1. The van der Waals surface area contributed by atoms with Crippen molar-refractivity contribution in [3.8, 4) is 11.5 Å². The van der Waals surface area contributed by atoms with Crippen molar-refractivity contribution in [2.24, 2.45) is 0 Å². The number of aliphatic hydroxyl groups excluding tert-OH is 1. The van der Waals surface area contributed by atoms with Crippen molar-refractivity contribution in [2.45, 2.75) is 44.2 Å². The van der Waals surface area contributed by atoms with Gasteiger partial charge in [0.2, 0.25) is 0 Å². The Kier molecular flexibility index (Phi) is 7.56. The first kappa shape index (κ1) is 20.2. The number of nitrogens with zero attached hydrogens (tertiary/aromatic N) is 2. The topological polar surface area (TPSA) is 45.2 Å². The highest BCUT2D eigenvalue weighted by atomic mass is 16.5. The molecule has 0 aliphatic carbocycles. The van der Waals surface area contributed by atoms with Crippen molar-refractivity contribution in [1.29, 1.82) is 0 Å². The minimum atomic E-state index is -0.500. The first-order valence-electron chi connectivity index (χ1n) is 10.2. The molecule has 2 heterocycles. The lowest BCUT2D eigenvalue weighted by Gasteiger charge is -2.38. The van der Waals surface area contributed by atoms with Crippen molar-refractivity contribution in [3.05, 3.63) is 36.4 Å². The largest absolute Gasteiger partial charge is 0.493 e. The molecule has 150 valence electrons. The van der Waals surface area contributed by atoms with Crippen LogP contribution in [0.3, 0.4) is 0 Å². The highest BCUT2D eigenvalue weighted by Crippen LogP contribution is 2.28. The highest BCUT2D eigenvalue weighted by molar-refractivity contribution is 5.43. The number of methoxy groups -OCH3 is 1. The van der Waals surface area contributed by atoms with Gasteiger partial charge >= 0.3 is 0 Å². The summed E-state index contributed by atoms with van der Waals surface area (Å²) in [5.74, 6) is 1.38. The van der Waals surface area contributed by atoms with Crippen LogP contribution in [0.25, 0.3) is 0 Å². The van der Waals surface area contributed by atoms with Crippen LogP contribution in [0.2, 0.25) is 0 Å². The van der Waals surface area contributed by atoms with Crippen LogP contribution in [0, 0.1) is 0 Å². The van der Waals surface area contributed by atoms with E-state index in [4.69, 9.17) is 9.47 Å². The lowest BCUT2D eigenvalue weighted by molar-refractivity contribution is 0.0410. The number of rotatable bonds is 9. The Hall–Kier alpha value is -1.56. The number of ether oxygens (including phenoxy) is 2. The molecular weight excluding hydrogens is 340 g/mol. The van der Waals surface area contributed by atoms with E-state index in [9.17, 15) is 5.11 Å². The summed E-state index contributed by atoms with van der Waals surface area (Å²) < 4.78 is 11.3. The van der Waals surface area contributed by atoms with E-state index in [0.29, 0.717) is 24.1 Å². The molecule has 0 bridgehead atoms. The van der Waals surface area contributed by atoms with Gasteiger partial charge in [0.25, 0.3) is 0 Å². The summed E-state index contributed by atoms with van der Waals surface area (Å²) in [5, 5.41) is 10.5. The number of aliphatic hydroxyl groups is 1. The molecule has 2 atom stereocenters. The Morgan fingerprint density at radius 1 is 1.22 bits per heavy atom. The second kappa shape index (κ2) is 10.1. The van der Waals surface area contributed by atoms with E-state index in [0.717, 1.165) is 25.1 Å². The maximum atomic E-state index is 10.5. The van der Waals surface area contributed by atoms with Crippen LogP contribution >= 0.6 is 0 Å². The quantitative estimate of drug-likeness (QED) is 0.674. The molecule has 0 radical (unpaired) electrons. The predicted octanol–water partition coefficient (Wildman–Crippen LogP) is 2.72. The lowest BCUT2D eigenvalue weighted by atomic mass is 10.0. The van der Waals surface area contributed by atoms with Crippen molar-refractivity contribution < 1.29 is 14.6 Å². The predicted molar refractivity (Wildman–Crippen MR) is 109 cm³/mol. The fourth-order valence-electron chi connectivity index (χ4n) is 4.26. The lowest BCUT2D eigenvalue weighted by Crippen LogP contribution is -2.49. The van der Waals surface area contributed by atoms with E-state index in [1.54, 1.807) is 7.11 Å². The molecule has 2 fully saturated rings. The molecule has 2 aliphatic rings. The minimum Gasteiger partial charge on any atom is -0.493 e. The zero-order valence-electron chi connectivity index (χ0n) is 16.6. The highest BCUT2D eigenvalue weighted by Gasteiger charge is 2.28. The van der Waals surface area contributed by atoms with Gasteiger partial charge in [-0.3, -0.25) is 9.80 Å². The molecule has 0 saturated carbocycles. The van der Waals surface area contributed by atoms with Gasteiger partial charge in [0.15, 0.2) is 11.5 Å². The Labute approximate surface area is 163 Å². The molecular formula is C22H34N2O3. The maximum absolute atomic E-state index is 10.5. The van der Waals surface area contributed by atoms with E-state index in [1.807, 2.05) is 24.3 Å². The molecule has 3 rings (SSSR count). The van der Waals surface area contributed by atoms with Crippen LogP contribution in [0.1, 0.15) is 31.2 Å². The summed E-state index contributed by atoms with van der Waals surface area (Å²) in [6, 6.07) is 6.55. The Bertz CT molecular complexity index is 601. The number of allylic oxidation sites excluding steroid dienone is 1. The molecule has 0 amide bonds. The second-order valence-electron chi connectivity index (χ2n) is 7.74. The molecule has 2 saturated heterocycles. The van der Waals surface area contributed by atoms with Gasteiger partial charge in [-0.15, -0.1) is 6.58 Å². The fraction of sp³-hybridized carbons (Fsp3) is 0.636. The maximum Gasteiger partial charge on any atom is 0.161 e. The van der Waals surface area contributed by atoms with Crippen molar-refractivity contribution in [1.82, 2.24) is 9.80 Å².